The van der Waals surface area contributed by atoms with Crippen molar-refractivity contribution in [3.8, 4) is 0 Å². The van der Waals surface area contributed by atoms with Crippen LogP contribution in [0, 0.1) is 0 Å². The molecule has 1 fully saturated rings. The number of methoxy groups -OCH3 is 1. The number of aliphatic hydroxyl groups is 1. The Morgan fingerprint density at radius 3 is 3.20 bits per heavy atom. The van der Waals surface area contributed by atoms with Crippen molar-refractivity contribution >= 4 is 5.91 Å². The summed E-state index contributed by atoms with van der Waals surface area (Å²) in [6.07, 6.45) is 1.62. The molecular weight excluding hydrogens is 198 g/mol. The topological polar surface area (TPSA) is 67.8 Å². The number of nitrogens with one attached hydrogen (secondary N) is 1. The monoisotopic (exact) mass is 215 g/mol. The molecule has 5 nitrogen and oxygen atoms in total. The zero-order valence-corrected chi connectivity index (χ0v) is 8.86. The molecule has 86 valence electrons. The van der Waals surface area contributed by atoms with Gasteiger partial charge in [0.05, 0.1) is 19.3 Å². The van der Waals surface area contributed by atoms with Crippen molar-refractivity contribution in [2.45, 2.75) is 18.1 Å². The fourth-order valence-corrected chi connectivity index (χ4v) is 1.61. The highest BCUT2D eigenvalue weighted by atomic mass is 16.5. The van der Waals surface area contributed by atoms with Gasteiger partial charge in [0.1, 0.15) is 5.60 Å². The van der Waals surface area contributed by atoms with E-state index in [0.717, 1.165) is 0 Å². The minimum absolute atomic E-state index is 0.179. The van der Waals surface area contributed by atoms with E-state index in [1.54, 1.807) is 0 Å². The molecule has 0 radical (unpaired) electrons. The van der Waals surface area contributed by atoms with Crippen molar-refractivity contribution in [1.29, 1.82) is 0 Å². The van der Waals surface area contributed by atoms with Gasteiger partial charge < -0.3 is 19.9 Å². The van der Waals surface area contributed by atoms with Crippen molar-refractivity contribution in [3.05, 3.63) is 12.7 Å². The van der Waals surface area contributed by atoms with Crippen LogP contribution in [-0.2, 0) is 14.3 Å². The fourth-order valence-electron chi connectivity index (χ4n) is 1.61. The summed E-state index contributed by atoms with van der Waals surface area (Å²) in [4.78, 5) is 11.1. The van der Waals surface area contributed by atoms with Crippen molar-refractivity contribution in [3.63, 3.8) is 0 Å². The van der Waals surface area contributed by atoms with Gasteiger partial charge in [0.2, 0.25) is 5.91 Å². The molecule has 1 aliphatic heterocycles. The molecule has 1 heterocycles. The van der Waals surface area contributed by atoms with Crippen LogP contribution in [-0.4, -0.2) is 49.6 Å². The van der Waals surface area contributed by atoms with E-state index in [0.29, 0.717) is 19.6 Å². The first kappa shape index (κ1) is 12.2. The van der Waals surface area contributed by atoms with Gasteiger partial charge in [-0.1, -0.05) is 6.58 Å². The molecule has 0 bridgehead atoms. The van der Waals surface area contributed by atoms with Crippen LogP contribution in [0.15, 0.2) is 12.7 Å². The quantitative estimate of drug-likeness (QED) is 0.618. The van der Waals surface area contributed by atoms with Gasteiger partial charge in [0.25, 0.3) is 0 Å². The summed E-state index contributed by atoms with van der Waals surface area (Å²) in [5, 5.41) is 12.9. The number of amides is 1. The summed E-state index contributed by atoms with van der Waals surface area (Å²) >= 11 is 0. The first-order chi connectivity index (χ1) is 7.12. The van der Waals surface area contributed by atoms with E-state index in [2.05, 4.69) is 11.9 Å². The highest BCUT2D eigenvalue weighted by Gasteiger charge is 2.40. The molecule has 0 saturated carbocycles. The molecule has 0 aliphatic carbocycles. The molecule has 1 rings (SSSR count). The van der Waals surface area contributed by atoms with Gasteiger partial charge in [-0.3, -0.25) is 4.79 Å². The predicted molar refractivity (Wildman–Crippen MR) is 54.4 cm³/mol. The Morgan fingerprint density at radius 1 is 1.87 bits per heavy atom. The third-order valence-corrected chi connectivity index (χ3v) is 2.51. The Morgan fingerprint density at radius 2 is 2.60 bits per heavy atom. The molecule has 1 aliphatic rings. The van der Waals surface area contributed by atoms with E-state index in [9.17, 15) is 9.90 Å². The maximum absolute atomic E-state index is 11.1. The van der Waals surface area contributed by atoms with Crippen LogP contribution in [0.2, 0.25) is 0 Å². The third-order valence-electron chi connectivity index (χ3n) is 2.51. The van der Waals surface area contributed by atoms with Gasteiger partial charge in [-0.15, -0.1) is 0 Å². The lowest BCUT2D eigenvalue weighted by molar-refractivity contribution is -0.136. The zero-order chi connectivity index (χ0) is 11.3. The van der Waals surface area contributed by atoms with Gasteiger partial charge in [-0.2, -0.15) is 0 Å². The number of carbonyl (C=O) groups is 1. The lowest BCUT2D eigenvalue weighted by Gasteiger charge is -2.39. The van der Waals surface area contributed by atoms with Crippen molar-refractivity contribution in [2.24, 2.45) is 0 Å². The van der Waals surface area contributed by atoms with E-state index in [1.165, 1.54) is 13.2 Å². The summed E-state index contributed by atoms with van der Waals surface area (Å²) in [6.45, 7) is 4.30. The fraction of sp³-hybridized carbons (Fsp3) is 0.700. The van der Waals surface area contributed by atoms with E-state index < -0.39 is 11.6 Å². The van der Waals surface area contributed by atoms with Gasteiger partial charge >= 0.3 is 0 Å². The average Bonchev–Trinajstić information content (AvgIpc) is 2.22. The van der Waals surface area contributed by atoms with Crippen LogP contribution < -0.4 is 5.32 Å². The van der Waals surface area contributed by atoms with Crippen LogP contribution in [0.3, 0.4) is 0 Å². The predicted octanol–water partition coefficient (Wildman–Crippen LogP) is -0.545. The second kappa shape index (κ2) is 5.25. The maximum atomic E-state index is 11.1. The smallest absolute Gasteiger partial charge is 0.243 e. The molecule has 0 aromatic rings. The second-order valence-electron chi connectivity index (χ2n) is 3.63. The summed E-state index contributed by atoms with van der Waals surface area (Å²) in [5.41, 5.74) is -1.05. The highest BCUT2D eigenvalue weighted by molar-refractivity contribution is 5.87. The maximum Gasteiger partial charge on any atom is 0.243 e. The normalized spacial score (nSPS) is 30.9. The third kappa shape index (κ3) is 3.02. The molecule has 1 amide bonds. The van der Waals surface area contributed by atoms with Gasteiger partial charge in [0, 0.05) is 20.1 Å². The Bertz CT molecular complexity index is 240. The van der Waals surface area contributed by atoms with E-state index >= 15 is 0 Å². The van der Waals surface area contributed by atoms with Crippen molar-refractivity contribution in [2.75, 3.05) is 26.9 Å². The largest absolute Gasteiger partial charge is 0.385 e. The minimum atomic E-state index is -1.05. The highest BCUT2D eigenvalue weighted by Crippen LogP contribution is 2.21. The Kier molecular flexibility index (Phi) is 4.26. The molecule has 2 unspecified atom stereocenters. The van der Waals surface area contributed by atoms with Crippen LogP contribution in [0.1, 0.15) is 6.42 Å². The Hall–Kier alpha value is -0.910. The number of ether oxygens (including phenoxy) is 2. The molecule has 0 aromatic heterocycles. The molecule has 15 heavy (non-hydrogen) atoms. The van der Waals surface area contributed by atoms with E-state index in [1.807, 2.05) is 0 Å². The number of rotatable bonds is 4. The molecule has 0 spiro atoms. The lowest BCUT2D eigenvalue weighted by atomic mass is 9.90. The standard InChI is InChI=1S/C10H17NO4/c1-3-9(12)11-8-6-15-5-4-10(8,13)7-14-2/h3,8,13H,1,4-7H2,2H3,(H,11,12). The van der Waals surface area contributed by atoms with Crippen LogP contribution in [0.5, 0.6) is 0 Å². The number of carbonyl (C=O) groups excluding carboxylic acids is 1. The zero-order valence-electron chi connectivity index (χ0n) is 8.86. The number of hydrogen-bond donors (Lipinski definition) is 2. The minimum Gasteiger partial charge on any atom is -0.385 e. The Labute approximate surface area is 89.1 Å². The first-order valence-corrected chi connectivity index (χ1v) is 4.84. The molecular formula is C10H17NO4. The van der Waals surface area contributed by atoms with Crippen LogP contribution >= 0.6 is 0 Å². The summed E-state index contributed by atoms with van der Waals surface area (Å²) in [5.74, 6) is -0.319. The molecule has 5 heteroatoms. The van der Waals surface area contributed by atoms with Gasteiger partial charge in [-0.25, -0.2) is 0 Å². The Balaban J connectivity index is 2.64. The summed E-state index contributed by atoms with van der Waals surface area (Å²) < 4.78 is 10.2. The summed E-state index contributed by atoms with van der Waals surface area (Å²) in [6, 6.07) is -0.448. The van der Waals surface area contributed by atoms with E-state index in [-0.39, 0.29) is 12.5 Å². The lowest BCUT2D eigenvalue weighted by Crippen LogP contribution is -2.60. The molecule has 2 N–H and O–H groups in total. The molecule has 0 aromatic carbocycles. The van der Waals surface area contributed by atoms with Gasteiger partial charge in [-0.05, 0) is 6.08 Å². The van der Waals surface area contributed by atoms with E-state index in [4.69, 9.17) is 9.47 Å². The average molecular weight is 215 g/mol. The SMILES string of the molecule is C=CC(=O)NC1COCCC1(O)COC. The van der Waals surface area contributed by atoms with Crippen molar-refractivity contribution in [1.82, 2.24) is 5.32 Å². The molecule has 2 atom stereocenters. The number of hydrogen-bond acceptors (Lipinski definition) is 4. The van der Waals surface area contributed by atoms with Crippen LogP contribution in [0.4, 0.5) is 0 Å². The summed E-state index contributed by atoms with van der Waals surface area (Å²) in [7, 11) is 1.51. The second-order valence-corrected chi connectivity index (χ2v) is 3.63. The van der Waals surface area contributed by atoms with Gasteiger partial charge in [0.15, 0.2) is 0 Å². The van der Waals surface area contributed by atoms with Crippen LogP contribution in [0.25, 0.3) is 0 Å². The molecule has 1 saturated heterocycles. The van der Waals surface area contributed by atoms with Crippen molar-refractivity contribution < 1.29 is 19.4 Å². The first-order valence-electron chi connectivity index (χ1n) is 4.84.